The maximum absolute atomic E-state index is 11.8. The number of hydrogen-bond acceptors (Lipinski definition) is 8. The summed E-state index contributed by atoms with van der Waals surface area (Å²) in [6, 6.07) is 10.6. The van der Waals surface area contributed by atoms with Gasteiger partial charge in [0.25, 0.3) is 0 Å². The molecule has 0 saturated carbocycles. The van der Waals surface area contributed by atoms with Crippen molar-refractivity contribution in [3.63, 3.8) is 0 Å². The Labute approximate surface area is 172 Å². The molecule has 156 valence electrons. The number of rotatable bonds is 4. The maximum atomic E-state index is 11.8. The summed E-state index contributed by atoms with van der Waals surface area (Å²) in [6.07, 6.45) is 0. The summed E-state index contributed by atoms with van der Waals surface area (Å²) in [5, 5.41) is 52.9. The molecule has 0 bridgehead atoms. The minimum Gasteiger partial charge on any atom is -0.502 e. The first-order valence-electron chi connectivity index (χ1n) is 8.73. The quantitative estimate of drug-likeness (QED) is 0.324. The summed E-state index contributed by atoms with van der Waals surface area (Å²) in [6.45, 7) is 0. The van der Waals surface area contributed by atoms with Gasteiger partial charge in [-0.2, -0.15) is 0 Å². The number of aromatic hydroxyl groups is 2. The number of fused-ring (bicyclic) bond motifs is 2. The van der Waals surface area contributed by atoms with E-state index >= 15 is 0 Å². The molecule has 0 aromatic heterocycles. The van der Waals surface area contributed by atoms with E-state index < -0.39 is 56.1 Å². The van der Waals surface area contributed by atoms with E-state index in [2.05, 4.69) is 0 Å². The highest BCUT2D eigenvalue weighted by molar-refractivity contribution is 5.90. The molecule has 31 heavy (non-hydrogen) atoms. The fraction of sp³-hybridized carbons (Fsp3) is 0.0500. The van der Waals surface area contributed by atoms with E-state index in [0.29, 0.717) is 0 Å². The maximum Gasteiger partial charge on any atom is 0.353 e. The lowest BCUT2D eigenvalue weighted by molar-refractivity contribution is -0.388. The Balaban J connectivity index is 2.14. The molecule has 0 aliphatic carbocycles. The first-order chi connectivity index (χ1) is 14.7. The molecule has 0 amide bonds. The van der Waals surface area contributed by atoms with Crippen LogP contribution < -0.4 is 4.74 Å². The highest BCUT2D eigenvalue weighted by Gasteiger charge is 2.41. The highest BCUT2D eigenvalue weighted by atomic mass is 16.6. The smallest absolute Gasteiger partial charge is 0.353 e. The van der Waals surface area contributed by atoms with Crippen molar-refractivity contribution in [2.75, 3.05) is 0 Å². The van der Waals surface area contributed by atoms with E-state index in [9.17, 15) is 40.3 Å². The van der Waals surface area contributed by atoms with E-state index in [-0.39, 0.29) is 22.3 Å². The van der Waals surface area contributed by atoms with Crippen LogP contribution in [0.5, 0.6) is 23.0 Å². The van der Waals surface area contributed by atoms with Gasteiger partial charge in [-0.05, 0) is 23.8 Å². The Kier molecular flexibility index (Phi) is 4.43. The van der Waals surface area contributed by atoms with Gasteiger partial charge in [0.1, 0.15) is 0 Å². The van der Waals surface area contributed by atoms with E-state index in [4.69, 9.17) is 4.74 Å². The minimum absolute atomic E-state index is 0.127. The molecule has 3 aromatic rings. The zero-order valence-electron chi connectivity index (χ0n) is 15.4. The molecule has 1 heterocycles. The second kappa shape index (κ2) is 6.99. The average Bonchev–Trinajstić information content (AvgIpc) is 2.71. The second-order valence-corrected chi connectivity index (χ2v) is 6.64. The number of aromatic carboxylic acids is 1. The summed E-state index contributed by atoms with van der Waals surface area (Å²) < 4.78 is 5.53. The summed E-state index contributed by atoms with van der Waals surface area (Å²) in [7, 11) is 0. The number of phenols is 2. The normalized spacial score (nSPS) is 12.4. The highest BCUT2D eigenvalue weighted by Crippen LogP contribution is 2.56. The first kappa shape index (κ1) is 19.6. The molecule has 0 atom stereocenters. The molecule has 0 unspecified atom stereocenters. The van der Waals surface area contributed by atoms with Crippen molar-refractivity contribution in [3.8, 4) is 23.0 Å². The van der Waals surface area contributed by atoms with E-state index in [1.807, 2.05) is 0 Å². The van der Waals surface area contributed by atoms with Crippen LogP contribution >= 0.6 is 0 Å². The van der Waals surface area contributed by atoms with Crippen molar-refractivity contribution < 1.29 is 34.7 Å². The fourth-order valence-electron chi connectivity index (χ4n) is 3.72. The molecule has 0 saturated heterocycles. The lowest BCUT2D eigenvalue weighted by Crippen LogP contribution is -2.16. The van der Waals surface area contributed by atoms with Crippen LogP contribution in [0.1, 0.15) is 33.0 Å². The van der Waals surface area contributed by atoms with Gasteiger partial charge in [-0.15, -0.1) is 0 Å². The second-order valence-electron chi connectivity index (χ2n) is 6.64. The van der Waals surface area contributed by atoms with Gasteiger partial charge in [0.2, 0.25) is 11.5 Å². The molecule has 11 nitrogen and oxygen atoms in total. The van der Waals surface area contributed by atoms with Crippen LogP contribution in [0.25, 0.3) is 0 Å². The molecule has 1 aliphatic heterocycles. The molecule has 0 fully saturated rings. The fourth-order valence-corrected chi connectivity index (χ4v) is 3.72. The predicted octanol–water partition coefficient (Wildman–Crippen LogP) is 3.90. The van der Waals surface area contributed by atoms with Crippen molar-refractivity contribution in [1.29, 1.82) is 0 Å². The Morgan fingerprint density at radius 2 is 1.29 bits per heavy atom. The van der Waals surface area contributed by atoms with Gasteiger partial charge in [0.05, 0.1) is 15.4 Å². The minimum atomic E-state index is -1.27. The molecule has 4 rings (SSSR count). The number of nitro benzene ring substituents is 2. The molecular formula is C20H12N2O9. The largest absolute Gasteiger partial charge is 0.502 e. The number of phenolic OH excluding ortho intramolecular Hbond substituents is 2. The van der Waals surface area contributed by atoms with Gasteiger partial charge in [-0.3, -0.25) is 20.2 Å². The monoisotopic (exact) mass is 424 g/mol. The van der Waals surface area contributed by atoms with Crippen LogP contribution in [0.2, 0.25) is 0 Å². The Bertz CT molecular complexity index is 1220. The number of carbonyl (C=O) groups is 1. The molecule has 3 N–H and O–H groups in total. The Morgan fingerprint density at radius 1 is 0.806 bits per heavy atom. The van der Waals surface area contributed by atoms with Gasteiger partial charge in [0.15, 0.2) is 11.5 Å². The number of nitro groups is 2. The van der Waals surface area contributed by atoms with E-state index in [0.717, 1.165) is 12.1 Å². The lowest BCUT2D eigenvalue weighted by Gasteiger charge is -2.29. The van der Waals surface area contributed by atoms with Crippen molar-refractivity contribution in [1.82, 2.24) is 0 Å². The molecule has 1 aliphatic rings. The summed E-state index contributed by atoms with van der Waals surface area (Å²) in [5.74, 6) is -4.72. The Hall–Kier alpha value is -4.67. The summed E-state index contributed by atoms with van der Waals surface area (Å²) in [4.78, 5) is 33.2. The van der Waals surface area contributed by atoms with Gasteiger partial charge in [0, 0.05) is 17.0 Å². The van der Waals surface area contributed by atoms with Gasteiger partial charge < -0.3 is 20.1 Å². The number of carboxylic acid groups (broad SMARTS) is 1. The summed E-state index contributed by atoms with van der Waals surface area (Å²) in [5.41, 5.74) is -1.34. The third-order valence-electron chi connectivity index (χ3n) is 4.97. The van der Waals surface area contributed by atoms with E-state index in [1.54, 1.807) is 6.07 Å². The van der Waals surface area contributed by atoms with Crippen LogP contribution in [-0.2, 0) is 0 Å². The zero-order chi connectivity index (χ0) is 22.4. The van der Waals surface area contributed by atoms with Crippen molar-refractivity contribution in [3.05, 3.63) is 91.0 Å². The first-order valence-corrected chi connectivity index (χ1v) is 8.73. The molecule has 3 aromatic carbocycles. The lowest BCUT2D eigenvalue weighted by atomic mass is 9.80. The van der Waals surface area contributed by atoms with Crippen molar-refractivity contribution >= 4 is 17.3 Å². The standard InChI is InChI=1S/C20H12N2O9/c23-13-7-5-11-15(9-3-1-2-4-10(9)20(25)26)12-6-8-14(24)17(22(29)30)19(12)31-18(11)16(13)21(27)28/h1-8,15,23-24H,(H,25,26). The third kappa shape index (κ3) is 2.95. The van der Waals surface area contributed by atoms with Crippen LogP contribution in [0.15, 0.2) is 48.5 Å². The summed E-state index contributed by atoms with van der Waals surface area (Å²) >= 11 is 0. The number of hydrogen-bond donors (Lipinski definition) is 3. The average molecular weight is 424 g/mol. The van der Waals surface area contributed by atoms with Gasteiger partial charge >= 0.3 is 17.3 Å². The van der Waals surface area contributed by atoms with Gasteiger partial charge in [-0.25, -0.2) is 4.79 Å². The number of benzene rings is 3. The number of ether oxygens (including phenoxy) is 1. The SMILES string of the molecule is O=C(O)c1ccccc1C1c2ccc(O)c([N+](=O)[O-])c2Oc2c1ccc(O)c2[N+](=O)[O-]. The molecule has 0 radical (unpaired) electrons. The number of nitrogens with zero attached hydrogens (tertiary/aromatic N) is 2. The topological polar surface area (TPSA) is 173 Å². The third-order valence-corrected chi connectivity index (χ3v) is 4.97. The number of carboxylic acids is 1. The Morgan fingerprint density at radius 3 is 1.74 bits per heavy atom. The van der Waals surface area contributed by atoms with Crippen LogP contribution in [0.3, 0.4) is 0 Å². The zero-order valence-corrected chi connectivity index (χ0v) is 15.4. The van der Waals surface area contributed by atoms with E-state index in [1.165, 1.54) is 30.3 Å². The molecule has 0 spiro atoms. The van der Waals surface area contributed by atoms with Crippen molar-refractivity contribution in [2.45, 2.75) is 5.92 Å². The van der Waals surface area contributed by atoms with Crippen LogP contribution in [-0.4, -0.2) is 31.1 Å². The predicted molar refractivity (Wildman–Crippen MR) is 104 cm³/mol. The molecule has 11 heteroatoms. The molecular weight excluding hydrogens is 412 g/mol. The van der Waals surface area contributed by atoms with Crippen LogP contribution in [0.4, 0.5) is 11.4 Å². The van der Waals surface area contributed by atoms with Crippen molar-refractivity contribution in [2.24, 2.45) is 0 Å². The van der Waals surface area contributed by atoms with Crippen LogP contribution in [0, 0.1) is 20.2 Å². The van der Waals surface area contributed by atoms with Gasteiger partial charge in [-0.1, -0.05) is 30.3 Å².